The second-order valence-corrected chi connectivity index (χ2v) is 5.45. The minimum Gasteiger partial charge on any atom is -0.356 e. The second-order valence-electron chi connectivity index (χ2n) is 3.53. The first-order chi connectivity index (χ1) is 7.00. The molecule has 1 aromatic heterocycles. The number of nitrogens with zero attached hydrogens (tertiary/aromatic N) is 2. The first-order valence-corrected chi connectivity index (χ1v) is 6.75. The van der Waals surface area contributed by atoms with Crippen LogP contribution in [0.4, 0.5) is 5.82 Å². The third kappa shape index (κ3) is 3.80. The summed E-state index contributed by atoms with van der Waals surface area (Å²) in [6.45, 7) is 2.03. The highest BCUT2D eigenvalue weighted by atomic mass is 35.5. The van der Waals surface area contributed by atoms with Crippen LogP contribution < -0.4 is 4.90 Å². The van der Waals surface area contributed by atoms with Gasteiger partial charge in [0.25, 0.3) is 0 Å². The van der Waals surface area contributed by atoms with Crippen molar-refractivity contribution in [1.82, 2.24) is 4.98 Å². The molecule has 5 heteroatoms. The summed E-state index contributed by atoms with van der Waals surface area (Å²) in [6, 6.07) is 3.86. The van der Waals surface area contributed by atoms with Crippen molar-refractivity contribution in [3.05, 3.63) is 23.4 Å². The van der Waals surface area contributed by atoms with Crippen LogP contribution in [0.15, 0.2) is 18.3 Å². The molecule has 0 amide bonds. The Morgan fingerprint density at radius 3 is 2.73 bits per heavy atom. The Hall–Kier alpha value is -0.610. The Labute approximate surface area is 97.9 Å². The van der Waals surface area contributed by atoms with Crippen molar-refractivity contribution in [2.24, 2.45) is 0 Å². The lowest BCUT2D eigenvalue weighted by molar-refractivity contribution is 0.674. The predicted octanol–water partition coefficient (Wildman–Crippen LogP) is 1.94. The first kappa shape index (κ1) is 12.5. The summed E-state index contributed by atoms with van der Waals surface area (Å²) in [6.07, 6.45) is 3.32. The molecule has 0 saturated carbocycles. The van der Waals surface area contributed by atoms with Gasteiger partial charge in [0.05, 0.1) is 5.02 Å². The van der Waals surface area contributed by atoms with Gasteiger partial charge < -0.3 is 4.90 Å². The fraction of sp³-hybridized carbons (Fsp3) is 0.500. The van der Waals surface area contributed by atoms with Crippen molar-refractivity contribution in [1.29, 1.82) is 0 Å². The molecule has 1 aromatic rings. The molecule has 0 bridgehead atoms. The summed E-state index contributed by atoms with van der Waals surface area (Å²) in [7, 11) is 1.15. The van der Waals surface area contributed by atoms with Crippen LogP contribution in [0.2, 0.25) is 5.02 Å². The normalized spacial score (nSPS) is 14.7. The smallest absolute Gasteiger partial charge is 0.128 e. The molecule has 0 fully saturated rings. The molecule has 0 saturated heterocycles. The zero-order valence-corrected chi connectivity index (χ0v) is 10.7. The standard InChI is InChI=1S/C10H15ClN2OS/c1-8(7-15(3)14)13(2)10-5-4-9(11)6-12-10/h4-6,8H,7H2,1-3H3/t8-,15-/m0/s1. The second kappa shape index (κ2) is 5.47. The SMILES string of the molecule is C[C@@H](C[S@](C)=O)N(C)c1ccc(Cl)cn1. The lowest BCUT2D eigenvalue weighted by atomic mass is 10.3. The van der Waals surface area contributed by atoms with E-state index in [4.69, 9.17) is 11.6 Å². The van der Waals surface area contributed by atoms with Gasteiger partial charge in [-0.15, -0.1) is 0 Å². The fourth-order valence-corrected chi connectivity index (χ4v) is 2.27. The lowest BCUT2D eigenvalue weighted by Gasteiger charge is -2.25. The van der Waals surface area contributed by atoms with Gasteiger partial charge in [0.1, 0.15) is 5.82 Å². The molecule has 1 heterocycles. The van der Waals surface area contributed by atoms with E-state index < -0.39 is 10.8 Å². The molecule has 0 N–H and O–H groups in total. The van der Waals surface area contributed by atoms with Gasteiger partial charge in [-0.1, -0.05) is 11.6 Å². The maximum absolute atomic E-state index is 11.1. The molecule has 0 aromatic carbocycles. The molecule has 0 unspecified atom stereocenters. The average Bonchev–Trinajstić information content (AvgIpc) is 2.17. The Balaban J connectivity index is 2.71. The minimum atomic E-state index is -0.790. The number of aromatic nitrogens is 1. The van der Waals surface area contributed by atoms with E-state index in [-0.39, 0.29) is 6.04 Å². The Kier molecular flexibility index (Phi) is 4.54. The largest absolute Gasteiger partial charge is 0.356 e. The molecule has 2 atom stereocenters. The molecule has 15 heavy (non-hydrogen) atoms. The molecule has 0 aliphatic rings. The highest BCUT2D eigenvalue weighted by molar-refractivity contribution is 7.84. The third-order valence-electron chi connectivity index (χ3n) is 2.21. The Morgan fingerprint density at radius 1 is 1.60 bits per heavy atom. The summed E-state index contributed by atoms with van der Waals surface area (Å²) in [5, 5.41) is 0.624. The summed E-state index contributed by atoms with van der Waals surface area (Å²) in [5.41, 5.74) is 0. The van der Waals surface area contributed by atoms with E-state index in [9.17, 15) is 4.21 Å². The zero-order chi connectivity index (χ0) is 11.4. The van der Waals surface area contributed by atoms with Crippen LogP contribution in [0.25, 0.3) is 0 Å². The van der Waals surface area contributed by atoms with E-state index in [0.717, 1.165) is 5.82 Å². The van der Waals surface area contributed by atoms with Crippen LogP contribution in [0.5, 0.6) is 0 Å². The van der Waals surface area contributed by atoms with Gasteiger partial charge in [-0.25, -0.2) is 4.98 Å². The van der Waals surface area contributed by atoms with Crippen LogP contribution in [0, 0.1) is 0 Å². The van der Waals surface area contributed by atoms with Crippen molar-refractivity contribution >= 4 is 28.2 Å². The molecule has 0 aliphatic carbocycles. The first-order valence-electron chi connectivity index (χ1n) is 4.65. The van der Waals surface area contributed by atoms with Crippen molar-refractivity contribution in [2.45, 2.75) is 13.0 Å². The molecule has 84 valence electrons. The highest BCUT2D eigenvalue weighted by Gasteiger charge is 2.12. The Morgan fingerprint density at radius 2 is 2.27 bits per heavy atom. The molecule has 3 nitrogen and oxygen atoms in total. The predicted molar refractivity (Wildman–Crippen MR) is 66.0 cm³/mol. The van der Waals surface area contributed by atoms with Crippen molar-refractivity contribution in [3.63, 3.8) is 0 Å². The van der Waals surface area contributed by atoms with Gasteiger partial charge in [-0.3, -0.25) is 4.21 Å². The van der Waals surface area contributed by atoms with E-state index in [1.807, 2.05) is 24.9 Å². The highest BCUT2D eigenvalue weighted by Crippen LogP contribution is 2.15. The van der Waals surface area contributed by atoms with Gasteiger partial charge in [0, 0.05) is 42.1 Å². The molecule has 0 spiro atoms. The maximum atomic E-state index is 11.1. The number of anilines is 1. The maximum Gasteiger partial charge on any atom is 0.128 e. The summed E-state index contributed by atoms with van der Waals surface area (Å²) in [4.78, 5) is 6.20. The zero-order valence-electron chi connectivity index (χ0n) is 9.11. The molecule has 0 aliphatic heterocycles. The van der Waals surface area contributed by atoms with Gasteiger partial charge in [-0.05, 0) is 19.1 Å². The number of halogens is 1. The van der Waals surface area contributed by atoms with Gasteiger partial charge >= 0.3 is 0 Å². The lowest BCUT2D eigenvalue weighted by Crippen LogP contribution is -2.33. The van der Waals surface area contributed by atoms with Crippen LogP contribution in [0.3, 0.4) is 0 Å². The summed E-state index contributed by atoms with van der Waals surface area (Å²) >= 11 is 5.75. The topological polar surface area (TPSA) is 33.2 Å². The van der Waals surface area contributed by atoms with Crippen molar-refractivity contribution in [2.75, 3.05) is 24.0 Å². The number of rotatable bonds is 4. The van der Waals surface area contributed by atoms with E-state index in [1.165, 1.54) is 0 Å². The van der Waals surface area contributed by atoms with Gasteiger partial charge in [0.15, 0.2) is 0 Å². The van der Waals surface area contributed by atoms with Gasteiger partial charge in [-0.2, -0.15) is 0 Å². The molecular weight excluding hydrogens is 232 g/mol. The van der Waals surface area contributed by atoms with Crippen molar-refractivity contribution < 1.29 is 4.21 Å². The van der Waals surface area contributed by atoms with Crippen molar-refractivity contribution in [3.8, 4) is 0 Å². The van der Waals surface area contributed by atoms with E-state index >= 15 is 0 Å². The number of pyridine rings is 1. The minimum absolute atomic E-state index is 0.199. The number of hydrogen-bond donors (Lipinski definition) is 0. The summed E-state index contributed by atoms with van der Waals surface area (Å²) < 4.78 is 11.1. The van der Waals surface area contributed by atoms with Crippen LogP contribution in [-0.4, -0.2) is 34.3 Å². The fourth-order valence-electron chi connectivity index (χ4n) is 1.25. The van der Waals surface area contributed by atoms with E-state index in [0.29, 0.717) is 10.8 Å². The van der Waals surface area contributed by atoms with Gasteiger partial charge in [0.2, 0.25) is 0 Å². The molecular formula is C10H15ClN2OS. The quantitative estimate of drug-likeness (QED) is 0.814. The van der Waals surface area contributed by atoms with E-state index in [1.54, 1.807) is 18.5 Å². The van der Waals surface area contributed by atoms with E-state index in [2.05, 4.69) is 4.98 Å². The van der Waals surface area contributed by atoms with Crippen LogP contribution >= 0.6 is 11.6 Å². The average molecular weight is 247 g/mol. The van der Waals surface area contributed by atoms with Crippen LogP contribution in [0.1, 0.15) is 6.92 Å². The van der Waals surface area contributed by atoms with Crippen LogP contribution in [-0.2, 0) is 10.8 Å². The molecule has 0 radical (unpaired) electrons. The third-order valence-corrected chi connectivity index (χ3v) is 3.39. The number of hydrogen-bond acceptors (Lipinski definition) is 3. The summed E-state index contributed by atoms with van der Waals surface area (Å²) in [5.74, 6) is 1.48. The Bertz CT molecular complexity index is 342. The molecule has 1 rings (SSSR count). The monoisotopic (exact) mass is 246 g/mol.